The molecule has 1 fully saturated rings. The van der Waals surface area contributed by atoms with Gasteiger partial charge in [0.1, 0.15) is 0 Å². The Morgan fingerprint density at radius 3 is 2.07 bits per heavy atom. The van der Waals surface area contributed by atoms with E-state index in [0.29, 0.717) is 18.7 Å². The number of benzene rings is 1. The summed E-state index contributed by atoms with van der Waals surface area (Å²) in [7, 11) is -6.99. The van der Waals surface area contributed by atoms with Crippen LogP contribution in [0.4, 0.5) is 0 Å². The van der Waals surface area contributed by atoms with E-state index < -0.39 is 20.2 Å². The highest BCUT2D eigenvalue weighted by Gasteiger charge is 2.30. The molecule has 1 aliphatic heterocycles. The molecule has 1 aliphatic rings. The van der Waals surface area contributed by atoms with Crippen molar-refractivity contribution in [3.8, 4) is 0 Å². The minimum Gasteiger partial charge on any atom is -0.373 e. The summed E-state index contributed by atoms with van der Waals surface area (Å²) in [4.78, 5) is 0. The summed E-state index contributed by atoms with van der Waals surface area (Å²) in [5.41, 5.74) is 1.40. The first-order valence-corrected chi connectivity index (χ1v) is 12.0. The first kappa shape index (κ1) is 22.3. The van der Waals surface area contributed by atoms with Crippen LogP contribution in [0, 0.1) is 0 Å². The van der Waals surface area contributed by atoms with Crippen LogP contribution in [0.2, 0.25) is 0 Å². The Labute approximate surface area is 162 Å². The number of sulfonamides is 1. The predicted octanol–water partition coefficient (Wildman–Crippen LogP) is 0.958. The Hall–Kier alpha value is -1.04. The van der Waals surface area contributed by atoms with E-state index in [2.05, 4.69) is 9.44 Å². The summed E-state index contributed by atoms with van der Waals surface area (Å²) in [6.07, 6.45) is -0.294. The van der Waals surface area contributed by atoms with Gasteiger partial charge in [0.15, 0.2) is 0 Å². The summed E-state index contributed by atoms with van der Waals surface area (Å²) in [6, 6.07) is 6.69. The molecule has 0 spiro atoms. The summed E-state index contributed by atoms with van der Waals surface area (Å²) >= 11 is 0. The van der Waals surface area contributed by atoms with E-state index in [1.54, 1.807) is 38.1 Å². The second-order valence-electron chi connectivity index (χ2n) is 7.25. The zero-order chi connectivity index (χ0) is 20.2. The van der Waals surface area contributed by atoms with E-state index in [9.17, 15) is 16.8 Å². The SMILES string of the molecule is CC(C)NS(=O)(=O)Cc1ccc(CNS(=O)(=O)N2CC(C)OC(C)C2)cc1. The van der Waals surface area contributed by atoms with Gasteiger partial charge in [-0.2, -0.15) is 17.4 Å². The van der Waals surface area contributed by atoms with Gasteiger partial charge in [-0.25, -0.2) is 13.1 Å². The third kappa shape index (κ3) is 7.13. The summed E-state index contributed by atoms with van der Waals surface area (Å²) in [5, 5.41) is 0. The quantitative estimate of drug-likeness (QED) is 0.653. The highest BCUT2D eigenvalue weighted by molar-refractivity contribution is 7.88. The number of rotatable bonds is 8. The van der Waals surface area contributed by atoms with E-state index in [1.807, 2.05) is 13.8 Å². The number of morpholine rings is 1. The second kappa shape index (κ2) is 8.97. The second-order valence-corrected chi connectivity index (χ2v) is 10.8. The van der Waals surface area contributed by atoms with Crippen LogP contribution in [-0.4, -0.2) is 52.5 Å². The van der Waals surface area contributed by atoms with Crippen molar-refractivity contribution in [3.63, 3.8) is 0 Å². The van der Waals surface area contributed by atoms with Gasteiger partial charge in [-0.05, 0) is 38.8 Å². The zero-order valence-corrected chi connectivity index (χ0v) is 17.8. The molecule has 1 saturated heterocycles. The Balaban J connectivity index is 1.94. The Morgan fingerprint density at radius 2 is 1.56 bits per heavy atom. The van der Waals surface area contributed by atoms with Crippen LogP contribution in [0.25, 0.3) is 0 Å². The standard InChI is InChI=1S/C17H29N3O5S2/c1-13(2)19-26(21,22)12-17-7-5-16(6-8-17)9-18-27(23,24)20-10-14(3)25-15(4)11-20/h5-8,13-15,18-19H,9-12H2,1-4H3. The van der Waals surface area contributed by atoms with Gasteiger partial charge in [0, 0.05) is 25.7 Å². The molecular weight excluding hydrogens is 390 g/mol. The zero-order valence-electron chi connectivity index (χ0n) is 16.2. The molecule has 0 radical (unpaired) electrons. The molecule has 2 unspecified atom stereocenters. The van der Waals surface area contributed by atoms with Gasteiger partial charge in [-0.1, -0.05) is 24.3 Å². The van der Waals surface area contributed by atoms with Crippen LogP contribution in [0.5, 0.6) is 0 Å². The molecule has 1 heterocycles. The maximum absolute atomic E-state index is 12.5. The van der Waals surface area contributed by atoms with Gasteiger partial charge in [0.05, 0.1) is 18.0 Å². The lowest BCUT2D eigenvalue weighted by Gasteiger charge is -2.34. The van der Waals surface area contributed by atoms with Crippen molar-refractivity contribution in [2.24, 2.45) is 0 Å². The average molecular weight is 420 g/mol. The molecule has 2 atom stereocenters. The van der Waals surface area contributed by atoms with E-state index in [1.165, 1.54) is 4.31 Å². The molecular formula is C17H29N3O5S2. The molecule has 10 heteroatoms. The third-order valence-corrected chi connectivity index (χ3v) is 7.01. The van der Waals surface area contributed by atoms with Crippen molar-refractivity contribution in [3.05, 3.63) is 35.4 Å². The molecule has 2 N–H and O–H groups in total. The molecule has 154 valence electrons. The number of hydrogen-bond donors (Lipinski definition) is 2. The largest absolute Gasteiger partial charge is 0.373 e. The smallest absolute Gasteiger partial charge is 0.279 e. The van der Waals surface area contributed by atoms with Gasteiger partial charge in [-0.15, -0.1) is 0 Å². The van der Waals surface area contributed by atoms with Crippen LogP contribution in [0.3, 0.4) is 0 Å². The maximum Gasteiger partial charge on any atom is 0.279 e. The van der Waals surface area contributed by atoms with Crippen molar-refractivity contribution in [2.75, 3.05) is 13.1 Å². The Kier molecular flexibility index (Phi) is 7.40. The highest BCUT2D eigenvalue weighted by Crippen LogP contribution is 2.14. The van der Waals surface area contributed by atoms with Crippen LogP contribution in [0.1, 0.15) is 38.8 Å². The lowest BCUT2D eigenvalue weighted by molar-refractivity contribution is -0.0444. The first-order valence-electron chi connectivity index (χ1n) is 8.95. The molecule has 0 aromatic heterocycles. The molecule has 2 rings (SSSR count). The van der Waals surface area contributed by atoms with Gasteiger partial charge in [0.25, 0.3) is 10.2 Å². The topological polar surface area (TPSA) is 105 Å². The maximum atomic E-state index is 12.5. The monoisotopic (exact) mass is 419 g/mol. The number of nitrogens with zero attached hydrogens (tertiary/aromatic N) is 1. The fraction of sp³-hybridized carbons (Fsp3) is 0.647. The Bertz CT molecular complexity index is 813. The number of nitrogens with one attached hydrogen (secondary N) is 2. The number of hydrogen-bond acceptors (Lipinski definition) is 5. The molecule has 1 aromatic rings. The summed E-state index contributed by atoms with van der Waals surface area (Å²) < 4.78 is 61.0. The minimum atomic E-state index is -3.60. The summed E-state index contributed by atoms with van der Waals surface area (Å²) in [6.45, 7) is 8.00. The molecule has 0 bridgehead atoms. The molecule has 0 saturated carbocycles. The van der Waals surface area contributed by atoms with E-state index in [-0.39, 0.29) is 30.5 Å². The average Bonchev–Trinajstić information content (AvgIpc) is 2.51. The molecule has 0 amide bonds. The Morgan fingerprint density at radius 1 is 1.04 bits per heavy atom. The fourth-order valence-electron chi connectivity index (χ4n) is 2.97. The summed E-state index contributed by atoms with van der Waals surface area (Å²) in [5.74, 6) is -0.110. The van der Waals surface area contributed by atoms with Crippen LogP contribution >= 0.6 is 0 Å². The van der Waals surface area contributed by atoms with E-state index >= 15 is 0 Å². The minimum absolute atomic E-state index is 0.110. The van der Waals surface area contributed by atoms with Gasteiger partial charge in [0.2, 0.25) is 10.0 Å². The van der Waals surface area contributed by atoms with Crippen LogP contribution in [0.15, 0.2) is 24.3 Å². The molecule has 27 heavy (non-hydrogen) atoms. The molecule has 1 aromatic carbocycles. The lowest BCUT2D eigenvalue weighted by Crippen LogP contribution is -2.51. The van der Waals surface area contributed by atoms with Crippen LogP contribution < -0.4 is 9.44 Å². The van der Waals surface area contributed by atoms with Gasteiger partial charge >= 0.3 is 0 Å². The normalized spacial score (nSPS) is 22.3. The third-order valence-electron chi connectivity index (χ3n) is 3.98. The van der Waals surface area contributed by atoms with Crippen molar-refractivity contribution >= 4 is 20.2 Å². The predicted molar refractivity (Wildman–Crippen MR) is 105 cm³/mol. The first-order chi connectivity index (χ1) is 12.5. The van der Waals surface area contributed by atoms with Crippen molar-refractivity contribution in [1.82, 2.24) is 13.7 Å². The lowest BCUT2D eigenvalue weighted by atomic mass is 10.1. The van der Waals surface area contributed by atoms with Crippen molar-refractivity contribution in [2.45, 2.75) is 58.2 Å². The van der Waals surface area contributed by atoms with Crippen molar-refractivity contribution < 1.29 is 21.6 Å². The van der Waals surface area contributed by atoms with Crippen LogP contribution in [-0.2, 0) is 37.3 Å². The molecule has 0 aliphatic carbocycles. The van der Waals surface area contributed by atoms with E-state index in [0.717, 1.165) is 5.56 Å². The highest BCUT2D eigenvalue weighted by atomic mass is 32.2. The van der Waals surface area contributed by atoms with E-state index in [4.69, 9.17) is 4.74 Å². The van der Waals surface area contributed by atoms with Gasteiger partial charge in [-0.3, -0.25) is 0 Å². The number of ether oxygens (including phenoxy) is 1. The fourth-order valence-corrected chi connectivity index (χ4v) is 5.74. The van der Waals surface area contributed by atoms with Gasteiger partial charge < -0.3 is 4.74 Å². The molecule has 8 nitrogen and oxygen atoms in total. The van der Waals surface area contributed by atoms with Crippen molar-refractivity contribution in [1.29, 1.82) is 0 Å².